The third-order valence-electron chi connectivity index (χ3n) is 4.68. The highest BCUT2D eigenvalue weighted by Gasteiger charge is 2.33. The van der Waals surface area contributed by atoms with E-state index in [1.165, 1.54) is 4.90 Å². The molecule has 0 aromatic heterocycles. The maximum Gasteiger partial charge on any atom is 0.422 e. The Bertz CT molecular complexity index is 672. The fourth-order valence-electron chi connectivity index (χ4n) is 3.14. The number of hydrogen-bond donors (Lipinski definition) is 1. The Hall–Kier alpha value is -1.96. The molecular weight excluding hydrogens is 397 g/mol. The van der Waals surface area contributed by atoms with Gasteiger partial charge < -0.3 is 15.0 Å². The third kappa shape index (κ3) is 6.58. The van der Waals surface area contributed by atoms with Crippen molar-refractivity contribution in [3.8, 4) is 0 Å². The summed E-state index contributed by atoms with van der Waals surface area (Å²) in [4.78, 5) is 25.6. The van der Waals surface area contributed by atoms with Gasteiger partial charge in [0.25, 0.3) is 0 Å². The Labute approximate surface area is 167 Å². The van der Waals surface area contributed by atoms with Crippen LogP contribution in [0.25, 0.3) is 0 Å². The number of carbonyl (C=O) groups is 2. The largest absolute Gasteiger partial charge is 0.440 e. The second-order valence-electron chi connectivity index (χ2n) is 7.21. The SMILES string of the molecule is CC(C)C(NC(=O)C1CCN(C(=O)OCC(F)(F)F)CC1)c1ccc(Cl)cc1. The summed E-state index contributed by atoms with van der Waals surface area (Å²) in [5.41, 5.74) is 0.945. The average Bonchev–Trinajstić information content (AvgIpc) is 2.64. The molecule has 1 heterocycles. The third-order valence-corrected chi connectivity index (χ3v) is 4.93. The van der Waals surface area contributed by atoms with Crippen LogP contribution in [0, 0.1) is 11.8 Å². The van der Waals surface area contributed by atoms with Crippen LogP contribution < -0.4 is 5.32 Å². The Kier molecular flexibility index (Phi) is 7.57. The minimum atomic E-state index is -4.55. The van der Waals surface area contributed by atoms with Gasteiger partial charge in [-0.3, -0.25) is 4.79 Å². The van der Waals surface area contributed by atoms with Crippen molar-refractivity contribution >= 4 is 23.6 Å². The molecule has 5 nitrogen and oxygen atoms in total. The van der Waals surface area contributed by atoms with Crippen molar-refractivity contribution in [3.63, 3.8) is 0 Å². The van der Waals surface area contributed by atoms with Crippen LogP contribution in [0.5, 0.6) is 0 Å². The monoisotopic (exact) mass is 420 g/mol. The molecule has 1 N–H and O–H groups in total. The van der Waals surface area contributed by atoms with Gasteiger partial charge in [0, 0.05) is 24.0 Å². The number of carbonyl (C=O) groups excluding carboxylic acids is 2. The van der Waals surface area contributed by atoms with Crippen LogP contribution in [0.1, 0.15) is 38.3 Å². The van der Waals surface area contributed by atoms with E-state index in [4.69, 9.17) is 11.6 Å². The molecule has 1 saturated heterocycles. The molecule has 1 aliphatic rings. The summed E-state index contributed by atoms with van der Waals surface area (Å²) < 4.78 is 40.7. The summed E-state index contributed by atoms with van der Waals surface area (Å²) in [6.45, 7) is 2.76. The second kappa shape index (κ2) is 9.49. The average molecular weight is 421 g/mol. The van der Waals surface area contributed by atoms with Crippen LogP contribution in [-0.2, 0) is 9.53 Å². The highest BCUT2D eigenvalue weighted by molar-refractivity contribution is 6.30. The van der Waals surface area contributed by atoms with Gasteiger partial charge in [-0.1, -0.05) is 37.6 Å². The number of ether oxygens (including phenoxy) is 1. The number of amides is 2. The Balaban J connectivity index is 1.88. The fraction of sp³-hybridized carbons (Fsp3) is 0.579. The molecule has 0 radical (unpaired) electrons. The molecule has 9 heteroatoms. The van der Waals surface area contributed by atoms with Crippen molar-refractivity contribution in [2.75, 3.05) is 19.7 Å². The predicted molar refractivity (Wildman–Crippen MR) is 98.9 cm³/mol. The number of piperidine rings is 1. The summed E-state index contributed by atoms with van der Waals surface area (Å²) in [7, 11) is 0. The van der Waals surface area contributed by atoms with E-state index in [1.807, 2.05) is 26.0 Å². The minimum Gasteiger partial charge on any atom is -0.440 e. The van der Waals surface area contributed by atoms with Gasteiger partial charge in [0.15, 0.2) is 6.61 Å². The molecule has 1 atom stereocenters. The van der Waals surface area contributed by atoms with E-state index < -0.39 is 18.9 Å². The van der Waals surface area contributed by atoms with Crippen LogP contribution in [0.4, 0.5) is 18.0 Å². The molecular formula is C19H24ClF3N2O3. The van der Waals surface area contributed by atoms with Gasteiger partial charge in [0.1, 0.15) is 0 Å². The lowest BCUT2D eigenvalue weighted by atomic mass is 9.92. The standard InChI is InChI=1S/C19H24ClF3N2O3/c1-12(2)16(13-3-5-15(20)6-4-13)24-17(26)14-7-9-25(10-8-14)18(27)28-11-19(21,22)23/h3-6,12,14,16H,7-11H2,1-2H3,(H,24,26). The molecule has 0 saturated carbocycles. The smallest absolute Gasteiger partial charge is 0.422 e. The topological polar surface area (TPSA) is 58.6 Å². The zero-order valence-electron chi connectivity index (χ0n) is 15.8. The molecule has 28 heavy (non-hydrogen) atoms. The van der Waals surface area contributed by atoms with Gasteiger partial charge in [-0.15, -0.1) is 0 Å². The van der Waals surface area contributed by atoms with Crippen LogP contribution >= 0.6 is 11.6 Å². The molecule has 1 unspecified atom stereocenters. The maximum atomic E-state index is 12.7. The van der Waals surface area contributed by atoms with E-state index in [0.717, 1.165) is 5.56 Å². The van der Waals surface area contributed by atoms with Crippen LogP contribution in [-0.4, -0.2) is 42.8 Å². The number of nitrogens with one attached hydrogen (secondary N) is 1. The summed E-state index contributed by atoms with van der Waals surface area (Å²) in [5.74, 6) is -0.278. The number of nitrogens with zero attached hydrogens (tertiary/aromatic N) is 1. The number of hydrogen-bond acceptors (Lipinski definition) is 3. The molecule has 1 fully saturated rings. The summed E-state index contributed by atoms with van der Waals surface area (Å²) in [6, 6.07) is 7.09. The normalized spacial score (nSPS) is 16.8. The Morgan fingerprint density at radius 3 is 2.29 bits per heavy atom. The lowest BCUT2D eigenvalue weighted by Crippen LogP contribution is -2.45. The number of benzene rings is 1. The molecule has 2 rings (SSSR count). The van der Waals surface area contributed by atoms with E-state index in [9.17, 15) is 22.8 Å². The van der Waals surface area contributed by atoms with Crippen LogP contribution in [0.15, 0.2) is 24.3 Å². The second-order valence-corrected chi connectivity index (χ2v) is 7.65. The Morgan fingerprint density at radius 2 is 1.79 bits per heavy atom. The number of likely N-dealkylation sites (tertiary alicyclic amines) is 1. The van der Waals surface area contributed by atoms with E-state index in [1.54, 1.807) is 12.1 Å². The zero-order chi connectivity index (χ0) is 20.9. The van der Waals surface area contributed by atoms with Crippen LogP contribution in [0.3, 0.4) is 0 Å². The zero-order valence-corrected chi connectivity index (χ0v) is 16.5. The van der Waals surface area contributed by atoms with Crippen molar-refractivity contribution < 1.29 is 27.5 Å². The van der Waals surface area contributed by atoms with Gasteiger partial charge in [0.05, 0.1) is 6.04 Å². The lowest BCUT2D eigenvalue weighted by molar-refractivity contribution is -0.162. The molecule has 1 aromatic carbocycles. The van der Waals surface area contributed by atoms with E-state index >= 15 is 0 Å². The quantitative estimate of drug-likeness (QED) is 0.759. The van der Waals surface area contributed by atoms with Crippen LogP contribution in [0.2, 0.25) is 5.02 Å². The van der Waals surface area contributed by atoms with E-state index in [0.29, 0.717) is 17.9 Å². The molecule has 0 bridgehead atoms. The molecule has 156 valence electrons. The first-order valence-electron chi connectivity index (χ1n) is 9.11. The summed E-state index contributed by atoms with van der Waals surface area (Å²) in [5, 5.41) is 3.66. The van der Waals surface area contributed by atoms with E-state index in [-0.39, 0.29) is 36.9 Å². The molecule has 2 amide bonds. The minimum absolute atomic E-state index is 0.128. The maximum absolute atomic E-state index is 12.7. The van der Waals surface area contributed by atoms with Crippen molar-refractivity contribution in [2.24, 2.45) is 11.8 Å². The van der Waals surface area contributed by atoms with Crippen molar-refractivity contribution in [3.05, 3.63) is 34.9 Å². The highest BCUT2D eigenvalue weighted by Crippen LogP contribution is 2.26. The molecule has 1 aromatic rings. The first-order chi connectivity index (χ1) is 13.1. The fourth-order valence-corrected chi connectivity index (χ4v) is 3.26. The van der Waals surface area contributed by atoms with Gasteiger partial charge in [0.2, 0.25) is 5.91 Å². The van der Waals surface area contributed by atoms with Crippen molar-refractivity contribution in [1.82, 2.24) is 10.2 Å². The van der Waals surface area contributed by atoms with Gasteiger partial charge in [-0.25, -0.2) is 4.79 Å². The highest BCUT2D eigenvalue weighted by atomic mass is 35.5. The number of halogens is 4. The molecule has 0 aliphatic carbocycles. The van der Waals surface area contributed by atoms with E-state index in [2.05, 4.69) is 10.1 Å². The number of rotatable bonds is 5. The van der Waals surface area contributed by atoms with Crippen molar-refractivity contribution in [1.29, 1.82) is 0 Å². The lowest BCUT2D eigenvalue weighted by Gasteiger charge is -2.32. The van der Waals surface area contributed by atoms with Gasteiger partial charge in [-0.05, 0) is 36.5 Å². The molecule has 0 spiro atoms. The van der Waals surface area contributed by atoms with Gasteiger partial charge >= 0.3 is 12.3 Å². The first kappa shape index (κ1) is 22.3. The van der Waals surface area contributed by atoms with Crippen molar-refractivity contribution in [2.45, 2.75) is 38.9 Å². The predicted octanol–water partition coefficient (Wildman–Crippen LogP) is 4.56. The Morgan fingerprint density at radius 1 is 1.21 bits per heavy atom. The number of alkyl halides is 3. The summed E-state index contributed by atoms with van der Waals surface area (Å²) in [6.07, 6.45) is -4.81. The van der Waals surface area contributed by atoms with Gasteiger partial charge in [-0.2, -0.15) is 13.2 Å². The molecule has 1 aliphatic heterocycles. The first-order valence-corrected chi connectivity index (χ1v) is 9.49. The summed E-state index contributed by atoms with van der Waals surface area (Å²) >= 11 is 5.92.